The van der Waals surface area contributed by atoms with Crippen molar-refractivity contribution in [1.29, 1.82) is 0 Å². The van der Waals surface area contributed by atoms with Crippen LogP contribution < -0.4 is 10.1 Å². The van der Waals surface area contributed by atoms with Crippen LogP contribution in [0.3, 0.4) is 0 Å². The maximum atomic E-state index is 13.6. The van der Waals surface area contributed by atoms with Crippen LogP contribution in [0.4, 0.5) is 18.9 Å². The van der Waals surface area contributed by atoms with Crippen molar-refractivity contribution < 1.29 is 32.6 Å². The molecule has 38 heavy (non-hydrogen) atoms. The average molecular weight is 523 g/mol. The van der Waals surface area contributed by atoms with Gasteiger partial charge in [-0.05, 0) is 61.9 Å². The Balaban J connectivity index is 1.46. The number of carboxylic acids is 1. The number of ether oxygens (including phenoxy) is 1. The van der Waals surface area contributed by atoms with E-state index in [1.54, 1.807) is 56.3 Å². The molecule has 0 aliphatic carbocycles. The van der Waals surface area contributed by atoms with E-state index in [2.05, 4.69) is 5.32 Å². The summed E-state index contributed by atoms with van der Waals surface area (Å²) in [7, 11) is 0. The molecular formula is C29H25F3N2O4. The number of carbonyl (C=O) groups excluding carboxylic acids is 1. The van der Waals surface area contributed by atoms with E-state index in [0.717, 1.165) is 11.6 Å². The number of aromatic carboxylic acids is 1. The number of nitrogens with one attached hydrogen (secondary N) is 1. The van der Waals surface area contributed by atoms with E-state index in [9.17, 15) is 22.8 Å². The number of benzene rings is 3. The number of hydrogen-bond donors (Lipinski definition) is 2. The Morgan fingerprint density at radius 1 is 0.947 bits per heavy atom. The third-order valence-electron chi connectivity index (χ3n) is 6.08. The summed E-state index contributed by atoms with van der Waals surface area (Å²) in [5.74, 6) is -0.918. The van der Waals surface area contributed by atoms with Gasteiger partial charge in [0.25, 0.3) is 5.91 Å². The Hall–Kier alpha value is -4.53. The van der Waals surface area contributed by atoms with Gasteiger partial charge < -0.3 is 19.7 Å². The molecule has 0 aliphatic heterocycles. The van der Waals surface area contributed by atoms with Crippen LogP contribution in [-0.2, 0) is 12.6 Å². The van der Waals surface area contributed by atoms with Gasteiger partial charge in [0.15, 0.2) is 0 Å². The largest absolute Gasteiger partial charge is 0.493 e. The summed E-state index contributed by atoms with van der Waals surface area (Å²) in [5.41, 5.74) is 1.93. The number of carboxylic acid groups (broad SMARTS) is 1. The Labute approximate surface area is 217 Å². The lowest BCUT2D eigenvalue weighted by atomic mass is 10.1. The first-order chi connectivity index (χ1) is 18.0. The number of carbonyl (C=O) groups is 2. The van der Waals surface area contributed by atoms with E-state index < -0.39 is 23.6 Å². The molecule has 0 saturated heterocycles. The molecule has 196 valence electrons. The molecule has 0 bridgehead atoms. The zero-order chi connectivity index (χ0) is 27.4. The molecule has 0 unspecified atom stereocenters. The summed E-state index contributed by atoms with van der Waals surface area (Å²) < 4.78 is 48.0. The van der Waals surface area contributed by atoms with E-state index >= 15 is 0 Å². The maximum Gasteiger partial charge on any atom is 0.418 e. The van der Waals surface area contributed by atoms with Crippen molar-refractivity contribution in [2.75, 3.05) is 11.9 Å². The van der Waals surface area contributed by atoms with Crippen LogP contribution in [0.1, 0.15) is 43.2 Å². The van der Waals surface area contributed by atoms with Crippen LogP contribution in [0, 0.1) is 13.8 Å². The lowest BCUT2D eigenvalue weighted by molar-refractivity contribution is -0.137. The molecule has 9 heteroatoms. The standard InChI is InChI=1S/C29H25F3N2O4/c1-18-16-24(19(2)34(18)26-9-4-3-8-25(26)29(30,31)32)27(35)33-22-6-5-7-23(17-22)38-15-14-20-10-12-21(13-11-20)28(36)37/h3-13,16-17H,14-15H2,1-2H3,(H,33,35)(H,36,37). The second-order valence-corrected chi connectivity index (χ2v) is 8.72. The normalized spacial score (nSPS) is 11.3. The molecule has 0 atom stereocenters. The van der Waals surface area contributed by atoms with Crippen LogP contribution >= 0.6 is 0 Å². The summed E-state index contributed by atoms with van der Waals surface area (Å²) >= 11 is 0. The van der Waals surface area contributed by atoms with Gasteiger partial charge in [0.2, 0.25) is 0 Å². The topological polar surface area (TPSA) is 80.6 Å². The SMILES string of the molecule is Cc1cc(C(=O)Nc2cccc(OCCc3ccc(C(=O)O)cc3)c2)c(C)n1-c1ccccc1C(F)(F)F. The molecule has 1 heterocycles. The number of halogens is 3. The lowest BCUT2D eigenvalue weighted by Crippen LogP contribution is -2.15. The number of para-hydroxylation sites is 1. The molecule has 4 aromatic rings. The van der Waals surface area contributed by atoms with Gasteiger partial charge >= 0.3 is 12.1 Å². The molecule has 2 N–H and O–H groups in total. The fourth-order valence-electron chi connectivity index (χ4n) is 4.23. The van der Waals surface area contributed by atoms with Crippen molar-refractivity contribution in [3.63, 3.8) is 0 Å². The number of anilines is 1. The molecule has 1 amide bonds. The third kappa shape index (κ3) is 5.88. The van der Waals surface area contributed by atoms with E-state index in [-0.39, 0.29) is 16.8 Å². The van der Waals surface area contributed by atoms with E-state index in [4.69, 9.17) is 9.84 Å². The number of aryl methyl sites for hydroxylation is 1. The van der Waals surface area contributed by atoms with Crippen molar-refractivity contribution in [2.24, 2.45) is 0 Å². The highest BCUT2D eigenvalue weighted by atomic mass is 19.4. The quantitative estimate of drug-likeness (QED) is 0.270. The van der Waals surface area contributed by atoms with Gasteiger partial charge in [-0.25, -0.2) is 4.79 Å². The molecule has 4 rings (SSSR count). The van der Waals surface area contributed by atoms with E-state index in [1.165, 1.54) is 34.9 Å². The minimum absolute atomic E-state index is 0.0398. The summed E-state index contributed by atoms with van der Waals surface area (Å²) in [6.07, 6.45) is -3.98. The molecule has 0 fully saturated rings. The van der Waals surface area contributed by atoms with Gasteiger partial charge in [-0.15, -0.1) is 0 Å². The van der Waals surface area contributed by atoms with Gasteiger partial charge in [-0.2, -0.15) is 13.2 Å². The average Bonchev–Trinajstić information content (AvgIpc) is 3.17. The predicted octanol–water partition coefficient (Wildman–Crippen LogP) is 6.68. The maximum absolute atomic E-state index is 13.6. The first-order valence-electron chi connectivity index (χ1n) is 11.8. The van der Waals surface area contributed by atoms with Crippen LogP contribution in [0.5, 0.6) is 5.75 Å². The van der Waals surface area contributed by atoms with Gasteiger partial charge in [-0.1, -0.05) is 30.3 Å². The van der Waals surface area contributed by atoms with Crippen LogP contribution in [0.25, 0.3) is 5.69 Å². The summed E-state index contributed by atoms with van der Waals surface area (Å²) in [5, 5.41) is 11.8. The number of aromatic nitrogens is 1. The molecule has 0 aliphatic rings. The number of alkyl halides is 3. The lowest BCUT2D eigenvalue weighted by Gasteiger charge is -2.17. The smallest absolute Gasteiger partial charge is 0.418 e. The molecule has 3 aromatic carbocycles. The first-order valence-corrected chi connectivity index (χ1v) is 11.8. The van der Waals surface area contributed by atoms with Crippen molar-refractivity contribution in [1.82, 2.24) is 4.57 Å². The number of rotatable bonds is 8. The number of nitrogens with zero attached hydrogens (tertiary/aromatic N) is 1. The molecule has 0 radical (unpaired) electrons. The fourth-order valence-corrected chi connectivity index (χ4v) is 4.23. The highest BCUT2D eigenvalue weighted by Gasteiger charge is 2.34. The summed E-state index contributed by atoms with van der Waals surface area (Å²) in [6, 6.07) is 20.1. The Morgan fingerprint density at radius 3 is 2.34 bits per heavy atom. The number of hydrogen-bond acceptors (Lipinski definition) is 3. The van der Waals surface area contributed by atoms with Gasteiger partial charge in [0.05, 0.1) is 29.0 Å². The van der Waals surface area contributed by atoms with Gasteiger partial charge in [0, 0.05) is 29.6 Å². The monoisotopic (exact) mass is 522 g/mol. The van der Waals surface area contributed by atoms with E-state index in [0.29, 0.717) is 35.9 Å². The van der Waals surface area contributed by atoms with Crippen molar-refractivity contribution in [3.8, 4) is 11.4 Å². The zero-order valence-corrected chi connectivity index (χ0v) is 20.7. The number of amides is 1. The van der Waals surface area contributed by atoms with Crippen LogP contribution in [0.2, 0.25) is 0 Å². The summed E-state index contributed by atoms with van der Waals surface area (Å²) in [4.78, 5) is 24.0. The molecule has 0 spiro atoms. The van der Waals surface area contributed by atoms with Gasteiger partial charge in [0.1, 0.15) is 5.75 Å². The minimum atomic E-state index is -4.54. The van der Waals surface area contributed by atoms with Crippen LogP contribution in [0.15, 0.2) is 78.9 Å². The predicted molar refractivity (Wildman–Crippen MR) is 137 cm³/mol. The molecule has 0 saturated carbocycles. The van der Waals surface area contributed by atoms with Crippen LogP contribution in [-0.4, -0.2) is 28.2 Å². The zero-order valence-electron chi connectivity index (χ0n) is 20.7. The highest BCUT2D eigenvalue weighted by Crippen LogP contribution is 2.35. The van der Waals surface area contributed by atoms with Crippen molar-refractivity contribution in [3.05, 3.63) is 113 Å². The third-order valence-corrected chi connectivity index (χ3v) is 6.08. The second-order valence-electron chi connectivity index (χ2n) is 8.72. The Kier molecular flexibility index (Phi) is 7.57. The van der Waals surface area contributed by atoms with Crippen molar-refractivity contribution >= 4 is 17.6 Å². The minimum Gasteiger partial charge on any atom is -0.493 e. The van der Waals surface area contributed by atoms with Crippen molar-refractivity contribution in [2.45, 2.75) is 26.4 Å². The highest BCUT2D eigenvalue weighted by molar-refractivity contribution is 6.05. The molecule has 6 nitrogen and oxygen atoms in total. The first kappa shape index (κ1) is 26.5. The van der Waals surface area contributed by atoms with Gasteiger partial charge in [-0.3, -0.25) is 4.79 Å². The molecule has 1 aromatic heterocycles. The Bertz CT molecular complexity index is 1470. The molecular weight excluding hydrogens is 497 g/mol. The summed E-state index contributed by atoms with van der Waals surface area (Å²) in [6.45, 7) is 3.60. The fraction of sp³-hybridized carbons (Fsp3) is 0.172. The van der Waals surface area contributed by atoms with E-state index in [1.807, 2.05) is 0 Å². The second kappa shape index (κ2) is 10.8. The Morgan fingerprint density at radius 2 is 1.66 bits per heavy atom.